The van der Waals surface area contributed by atoms with Crippen molar-refractivity contribution in [3.63, 3.8) is 0 Å². The van der Waals surface area contributed by atoms with Crippen LogP contribution in [0.1, 0.15) is 13.8 Å². The van der Waals surface area contributed by atoms with Crippen LogP contribution in [0.25, 0.3) is 0 Å². The summed E-state index contributed by atoms with van der Waals surface area (Å²) in [7, 11) is 1.58. The Kier molecular flexibility index (Phi) is 8.29. The number of alkyl halides is 6. The number of hydrogen-bond donors (Lipinski definition) is 1. The second kappa shape index (κ2) is 9.20. The number of carbonyl (C=O) groups is 3. The van der Waals surface area contributed by atoms with E-state index in [0.29, 0.717) is 11.4 Å². The third-order valence-corrected chi connectivity index (χ3v) is 2.61. The Hall–Kier alpha value is -2.59. The summed E-state index contributed by atoms with van der Waals surface area (Å²) in [6, 6.07) is 7.36. The molecule has 1 rings (SSSR count). The van der Waals surface area contributed by atoms with Gasteiger partial charge in [-0.15, -0.1) is 0 Å². The molecule has 1 aromatic rings. The third-order valence-electron chi connectivity index (χ3n) is 2.61. The summed E-state index contributed by atoms with van der Waals surface area (Å²) in [6.07, 6.45) is -11.5. The van der Waals surface area contributed by atoms with Gasteiger partial charge < -0.3 is 10.1 Å². The van der Waals surface area contributed by atoms with E-state index in [1.54, 1.807) is 7.11 Å². The number of rotatable bonds is 4. The molecular weight excluding hydrogens is 372 g/mol. The Morgan fingerprint density at radius 2 is 1.35 bits per heavy atom. The topological polar surface area (TPSA) is 72.5 Å². The van der Waals surface area contributed by atoms with Crippen LogP contribution in [0.2, 0.25) is 0 Å². The molecule has 1 amide bonds. The maximum absolute atomic E-state index is 11.4. The number of ether oxygens (including phenoxy) is 1. The average molecular weight is 387 g/mol. The molecule has 0 bridgehead atoms. The van der Waals surface area contributed by atoms with Crippen molar-refractivity contribution in [1.82, 2.24) is 0 Å². The van der Waals surface area contributed by atoms with Gasteiger partial charge in [-0.2, -0.15) is 26.3 Å². The van der Waals surface area contributed by atoms with Gasteiger partial charge in [-0.3, -0.25) is 14.4 Å². The Balaban J connectivity index is 0.000000488. The fraction of sp³-hybridized carbons (Fsp3) is 0.400. The van der Waals surface area contributed by atoms with Crippen LogP contribution in [0.3, 0.4) is 0 Å². The average Bonchev–Trinajstić information content (AvgIpc) is 2.52. The van der Waals surface area contributed by atoms with Crippen LogP contribution in [0.15, 0.2) is 24.3 Å². The summed E-state index contributed by atoms with van der Waals surface area (Å²) in [6.45, 7) is 3.70. The molecule has 0 atom stereocenters. The van der Waals surface area contributed by atoms with Crippen LogP contribution in [0, 0.1) is 5.92 Å². The first-order valence-electron chi connectivity index (χ1n) is 6.88. The number of Topliss-reactive ketones (excluding diaryl/α,β-unsaturated/α-hetero) is 2. The van der Waals surface area contributed by atoms with E-state index in [9.17, 15) is 40.7 Å². The molecule has 0 aliphatic rings. The molecule has 0 aliphatic carbocycles. The predicted octanol–water partition coefficient (Wildman–Crippen LogP) is 3.54. The lowest BCUT2D eigenvalue weighted by Crippen LogP contribution is -2.39. The van der Waals surface area contributed by atoms with E-state index in [1.807, 2.05) is 38.1 Å². The van der Waals surface area contributed by atoms with Gasteiger partial charge in [0.1, 0.15) is 5.75 Å². The first-order valence-corrected chi connectivity index (χ1v) is 6.88. The molecule has 0 radical (unpaired) electrons. The molecule has 11 heteroatoms. The second-order valence-electron chi connectivity index (χ2n) is 5.00. The Bertz CT molecular complexity index is 628. The smallest absolute Gasteiger partial charge is 0.458 e. The van der Waals surface area contributed by atoms with Crippen LogP contribution < -0.4 is 10.1 Å². The van der Waals surface area contributed by atoms with Gasteiger partial charge >= 0.3 is 23.9 Å². The molecule has 0 aliphatic heterocycles. The molecule has 1 aromatic carbocycles. The maximum Gasteiger partial charge on any atom is 0.458 e. The summed E-state index contributed by atoms with van der Waals surface area (Å²) in [5, 5.41) is 2.80. The number of halogens is 6. The van der Waals surface area contributed by atoms with E-state index in [4.69, 9.17) is 4.74 Å². The number of para-hydroxylation sites is 2. The predicted molar refractivity (Wildman–Crippen MR) is 78.6 cm³/mol. The minimum absolute atomic E-state index is 0.00509. The summed E-state index contributed by atoms with van der Waals surface area (Å²) in [5.41, 5.74) is 0.716. The van der Waals surface area contributed by atoms with E-state index in [0.717, 1.165) is 0 Å². The zero-order chi connectivity index (χ0) is 20.7. The van der Waals surface area contributed by atoms with Gasteiger partial charge in [-0.1, -0.05) is 26.0 Å². The molecule has 1 N–H and O–H groups in total. The quantitative estimate of drug-likeness (QED) is 0.634. The summed E-state index contributed by atoms with van der Waals surface area (Å²) in [5.74, 6) is -6.17. The molecule has 26 heavy (non-hydrogen) atoms. The van der Waals surface area contributed by atoms with Crippen molar-refractivity contribution >= 4 is 23.2 Å². The number of benzene rings is 1. The van der Waals surface area contributed by atoms with Crippen molar-refractivity contribution in [3.8, 4) is 5.75 Å². The van der Waals surface area contributed by atoms with E-state index in [2.05, 4.69) is 5.32 Å². The minimum atomic E-state index is -5.77. The van der Waals surface area contributed by atoms with Gasteiger partial charge in [0, 0.05) is 5.92 Å². The molecule has 0 aromatic heterocycles. The standard InChI is InChI=1S/C11H15NO2.C4F6O2/c1-8(2)11(13)12-9-6-4-5-7-10(9)14-3;5-3(6,7)1(11)2(12)4(8,9)10/h4-8H,1-3H3,(H,12,13);. The van der Waals surface area contributed by atoms with Crippen molar-refractivity contribution in [2.75, 3.05) is 12.4 Å². The van der Waals surface area contributed by atoms with Gasteiger partial charge in [0.05, 0.1) is 12.8 Å². The van der Waals surface area contributed by atoms with E-state index < -0.39 is 23.9 Å². The molecule has 5 nitrogen and oxygen atoms in total. The molecular formula is C15H15F6NO4. The molecule has 0 heterocycles. The molecule has 0 fully saturated rings. The Morgan fingerprint density at radius 1 is 0.923 bits per heavy atom. The van der Waals surface area contributed by atoms with Crippen molar-refractivity contribution in [1.29, 1.82) is 0 Å². The first kappa shape index (κ1) is 23.4. The lowest BCUT2D eigenvalue weighted by Gasteiger charge is -2.10. The Morgan fingerprint density at radius 3 is 1.69 bits per heavy atom. The molecule has 146 valence electrons. The largest absolute Gasteiger partial charge is 0.495 e. The highest BCUT2D eigenvalue weighted by Gasteiger charge is 2.54. The van der Waals surface area contributed by atoms with Crippen molar-refractivity contribution < 1.29 is 45.5 Å². The van der Waals surface area contributed by atoms with Crippen LogP contribution in [-0.4, -0.2) is 36.9 Å². The van der Waals surface area contributed by atoms with E-state index >= 15 is 0 Å². The second-order valence-corrected chi connectivity index (χ2v) is 5.00. The van der Waals surface area contributed by atoms with E-state index in [1.165, 1.54) is 0 Å². The lowest BCUT2D eigenvalue weighted by molar-refractivity contribution is -0.193. The number of amides is 1. The van der Waals surface area contributed by atoms with Crippen LogP contribution in [0.4, 0.5) is 32.0 Å². The zero-order valence-electron chi connectivity index (χ0n) is 13.8. The molecule has 0 spiro atoms. The van der Waals surface area contributed by atoms with Crippen LogP contribution in [-0.2, 0) is 14.4 Å². The SMILES string of the molecule is COc1ccccc1NC(=O)C(C)C.O=C(C(=O)C(F)(F)F)C(F)(F)F. The van der Waals surface area contributed by atoms with Crippen LogP contribution in [0.5, 0.6) is 5.75 Å². The number of carbonyl (C=O) groups excluding carboxylic acids is 3. The number of nitrogens with one attached hydrogen (secondary N) is 1. The number of anilines is 1. The van der Waals surface area contributed by atoms with Gasteiger partial charge in [-0.25, -0.2) is 0 Å². The lowest BCUT2D eigenvalue weighted by atomic mass is 10.2. The molecule has 0 saturated heterocycles. The fourth-order valence-electron chi connectivity index (χ4n) is 1.28. The van der Waals surface area contributed by atoms with E-state index in [-0.39, 0.29) is 11.8 Å². The van der Waals surface area contributed by atoms with Crippen LogP contribution >= 0.6 is 0 Å². The number of ketones is 2. The zero-order valence-corrected chi connectivity index (χ0v) is 13.8. The highest BCUT2D eigenvalue weighted by Crippen LogP contribution is 2.24. The summed E-state index contributed by atoms with van der Waals surface area (Å²) >= 11 is 0. The normalized spacial score (nSPS) is 11.3. The number of methoxy groups -OCH3 is 1. The molecule has 0 unspecified atom stereocenters. The highest BCUT2D eigenvalue weighted by atomic mass is 19.4. The van der Waals surface area contributed by atoms with Gasteiger partial charge in [0.2, 0.25) is 5.91 Å². The molecule has 0 saturated carbocycles. The minimum Gasteiger partial charge on any atom is -0.495 e. The van der Waals surface area contributed by atoms with Crippen molar-refractivity contribution in [2.24, 2.45) is 5.92 Å². The van der Waals surface area contributed by atoms with Gasteiger partial charge in [-0.05, 0) is 12.1 Å². The number of hydrogen-bond acceptors (Lipinski definition) is 4. The monoisotopic (exact) mass is 387 g/mol. The summed E-state index contributed by atoms with van der Waals surface area (Å²) in [4.78, 5) is 30.6. The van der Waals surface area contributed by atoms with Gasteiger partial charge in [0.15, 0.2) is 0 Å². The third kappa shape index (κ3) is 7.53. The van der Waals surface area contributed by atoms with Crippen molar-refractivity contribution in [2.45, 2.75) is 26.2 Å². The summed E-state index contributed by atoms with van der Waals surface area (Å²) < 4.78 is 72.1. The Labute approximate surface area is 144 Å². The van der Waals surface area contributed by atoms with Gasteiger partial charge in [0.25, 0.3) is 0 Å². The highest BCUT2D eigenvalue weighted by molar-refractivity contribution is 6.41. The maximum atomic E-state index is 11.4. The first-order chi connectivity index (χ1) is 11.7. The van der Waals surface area contributed by atoms with Crippen molar-refractivity contribution in [3.05, 3.63) is 24.3 Å². The fourth-order valence-corrected chi connectivity index (χ4v) is 1.28.